The lowest BCUT2D eigenvalue weighted by atomic mass is 10.1. The highest BCUT2D eigenvalue weighted by atomic mass is 16.2. The second-order valence-corrected chi connectivity index (χ2v) is 5.65. The van der Waals surface area contributed by atoms with E-state index in [9.17, 15) is 9.59 Å². The molecule has 0 unspecified atom stereocenters. The third-order valence-electron chi connectivity index (χ3n) is 3.52. The second-order valence-electron chi connectivity index (χ2n) is 5.65. The standard InChI is InChI=1S/C16H22N3O2/c1-12(2)11-19-10-6-9-14(19)16(21)18-17-15(20)13-7-4-3-5-8-13/h3-5,7-8,14H,6,9-11H2,1-2H3,(H,17,20)(H,18,21)/t14-/m0/s1. The molecule has 2 amide bonds. The van der Waals surface area contributed by atoms with Crippen molar-refractivity contribution >= 4 is 11.8 Å². The van der Waals surface area contributed by atoms with E-state index in [-0.39, 0.29) is 17.9 Å². The van der Waals surface area contributed by atoms with Crippen molar-refractivity contribution in [3.8, 4) is 0 Å². The molecule has 5 heteroatoms. The first-order chi connectivity index (χ1) is 10.1. The van der Waals surface area contributed by atoms with E-state index < -0.39 is 0 Å². The Morgan fingerprint density at radius 2 is 1.90 bits per heavy atom. The van der Waals surface area contributed by atoms with Gasteiger partial charge in [-0.15, -0.1) is 0 Å². The smallest absolute Gasteiger partial charge is 0.269 e. The fourth-order valence-electron chi connectivity index (χ4n) is 2.58. The van der Waals surface area contributed by atoms with Crippen LogP contribution in [0.2, 0.25) is 0 Å². The van der Waals surface area contributed by atoms with Crippen molar-refractivity contribution in [3.63, 3.8) is 0 Å². The van der Waals surface area contributed by atoms with Gasteiger partial charge in [-0.25, -0.2) is 0 Å². The van der Waals surface area contributed by atoms with Gasteiger partial charge in [-0.1, -0.05) is 32.0 Å². The van der Waals surface area contributed by atoms with E-state index in [0.29, 0.717) is 5.56 Å². The molecular weight excluding hydrogens is 266 g/mol. The molecule has 1 atom stereocenters. The van der Waals surface area contributed by atoms with Gasteiger partial charge in [-0.3, -0.25) is 25.3 Å². The van der Waals surface area contributed by atoms with Gasteiger partial charge in [0.15, 0.2) is 0 Å². The molecule has 1 aromatic rings. The van der Waals surface area contributed by atoms with Crippen molar-refractivity contribution < 1.29 is 9.59 Å². The van der Waals surface area contributed by atoms with Gasteiger partial charge in [0.1, 0.15) is 0 Å². The number of carbonyl (C=O) groups excluding carboxylic acids is 2. The molecule has 1 aliphatic heterocycles. The summed E-state index contributed by atoms with van der Waals surface area (Å²) in [7, 11) is 0. The Bertz CT molecular complexity index is 488. The van der Waals surface area contributed by atoms with Gasteiger partial charge < -0.3 is 0 Å². The summed E-state index contributed by atoms with van der Waals surface area (Å²) in [5, 5.41) is 0. The van der Waals surface area contributed by atoms with E-state index >= 15 is 0 Å². The summed E-state index contributed by atoms with van der Waals surface area (Å²) in [4.78, 5) is 26.2. The molecule has 0 aliphatic carbocycles. The van der Waals surface area contributed by atoms with Crippen LogP contribution in [0.5, 0.6) is 0 Å². The molecule has 2 rings (SSSR count). The maximum Gasteiger partial charge on any atom is 0.269 e. The van der Waals surface area contributed by atoms with Gasteiger partial charge in [0.25, 0.3) is 11.8 Å². The normalized spacial score (nSPS) is 18.7. The molecule has 0 aromatic heterocycles. The molecule has 1 saturated heterocycles. The Morgan fingerprint density at radius 3 is 2.57 bits per heavy atom. The summed E-state index contributed by atoms with van der Waals surface area (Å²) >= 11 is 0. The average molecular weight is 288 g/mol. The van der Waals surface area contributed by atoms with Crippen molar-refractivity contribution in [1.29, 1.82) is 0 Å². The minimum atomic E-state index is -0.299. The quantitative estimate of drug-likeness (QED) is 0.826. The second kappa shape index (κ2) is 7.22. The van der Waals surface area contributed by atoms with Crippen molar-refractivity contribution in [3.05, 3.63) is 41.8 Å². The maximum atomic E-state index is 12.2. The fourth-order valence-corrected chi connectivity index (χ4v) is 2.58. The predicted octanol–water partition coefficient (Wildman–Crippen LogP) is 1.53. The average Bonchev–Trinajstić information content (AvgIpc) is 2.92. The van der Waals surface area contributed by atoms with Crippen LogP contribution in [-0.4, -0.2) is 35.8 Å². The molecule has 1 radical (unpaired) electrons. The van der Waals surface area contributed by atoms with Gasteiger partial charge in [0.05, 0.1) is 6.04 Å². The number of benzene rings is 1. The van der Waals surface area contributed by atoms with Crippen molar-refractivity contribution in [2.24, 2.45) is 0 Å². The molecule has 1 aliphatic rings. The first-order valence-electron chi connectivity index (χ1n) is 7.26. The van der Waals surface area contributed by atoms with E-state index in [4.69, 9.17) is 0 Å². The van der Waals surface area contributed by atoms with Crippen LogP contribution < -0.4 is 10.9 Å². The largest absolute Gasteiger partial charge is 0.291 e. The highest BCUT2D eigenvalue weighted by molar-refractivity contribution is 5.95. The van der Waals surface area contributed by atoms with Crippen LogP contribution in [-0.2, 0) is 4.79 Å². The van der Waals surface area contributed by atoms with Gasteiger partial charge in [0, 0.05) is 12.1 Å². The monoisotopic (exact) mass is 288 g/mol. The SMILES string of the molecule is C[C](C)CN1CCC[C@H]1C(=O)NNC(=O)c1ccccc1. The molecule has 0 bridgehead atoms. The van der Waals surface area contributed by atoms with E-state index in [0.717, 1.165) is 25.9 Å². The molecule has 2 N–H and O–H groups in total. The molecule has 21 heavy (non-hydrogen) atoms. The van der Waals surface area contributed by atoms with Crippen LogP contribution in [0.1, 0.15) is 37.0 Å². The zero-order valence-electron chi connectivity index (χ0n) is 12.6. The van der Waals surface area contributed by atoms with E-state index in [2.05, 4.69) is 29.6 Å². The number of amides is 2. The van der Waals surface area contributed by atoms with Gasteiger partial charge >= 0.3 is 0 Å². The van der Waals surface area contributed by atoms with Gasteiger partial charge in [-0.2, -0.15) is 0 Å². The van der Waals surface area contributed by atoms with Crippen LogP contribution in [0.15, 0.2) is 30.3 Å². The van der Waals surface area contributed by atoms with Crippen LogP contribution in [0, 0.1) is 5.92 Å². The van der Waals surface area contributed by atoms with E-state index in [1.165, 1.54) is 5.92 Å². The highest BCUT2D eigenvalue weighted by Crippen LogP contribution is 2.19. The van der Waals surface area contributed by atoms with E-state index in [1.807, 2.05) is 6.07 Å². The van der Waals surface area contributed by atoms with Crippen LogP contribution in [0.25, 0.3) is 0 Å². The lowest BCUT2D eigenvalue weighted by molar-refractivity contribution is -0.126. The Labute approximate surface area is 125 Å². The Balaban J connectivity index is 1.85. The molecule has 113 valence electrons. The zero-order valence-corrected chi connectivity index (χ0v) is 12.6. The number of nitrogens with zero attached hydrogens (tertiary/aromatic N) is 1. The highest BCUT2D eigenvalue weighted by Gasteiger charge is 2.31. The topological polar surface area (TPSA) is 61.4 Å². The molecular formula is C16H22N3O2. The zero-order chi connectivity index (χ0) is 15.2. The number of hydrogen-bond donors (Lipinski definition) is 2. The summed E-state index contributed by atoms with van der Waals surface area (Å²) in [5.41, 5.74) is 5.54. The molecule has 0 spiro atoms. The third kappa shape index (κ3) is 4.29. The summed E-state index contributed by atoms with van der Waals surface area (Å²) in [6.07, 6.45) is 1.85. The molecule has 0 saturated carbocycles. The number of likely N-dealkylation sites (tertiary alicyclic amines) is 1. The number of rotatable bonds is 4. The third-order valence-corrected chi connectivity index (χ3v) is 3.52. The van der Waals surface area contributed by atoms with Crippen LogP contribution in [0.4, 0.5) is 0 Å². The Morgan fingerprint density at radius 1 is 1.19 bits per heavy atom. The molecule has 1 fully saturated rings. The van der Waals surface area contributed by atoms with Crippen molar-refractivity contribution in [2.75, 3.05) is 13.1 Å². The summed E-state index contributed by atoms with van der Waals surface area (Å²) in [5.74, 6) is 0.841. The van der Waals surface area contributed by atoms with Gasteiger partial charge in [-0.05, 0) is 37.4 Å². The van der Waals surface area contributed by atoms with Crippen LogP contribution >= 0.6 is 0 Å². The minimum Gasteiger partial charge on any atom is -0.291 e. The summed E-state index contributed by atoms with van der Waals surface area (Å²) in [6.45, 7) is 5.87. The molecule has 1 heterocycles. The van der Waals surface area contributed by atoms with Gasteiger partial charge in [0.2, 0.25) is 0 Å². The van der Waals surface area contributed by atoms with E-state index in [1.54, 1.807) is 24.3 Å². The maximum absolute atomic E-state index is 12.2. The number of hydrazine groups is 1. The lowest BCUT2D eigenvalue weighted by Gasteiger charge is -2.25. The molecule has 5 nitrogen and oxygen atoms in total. The first kappa shape index (κ1) is 15.5. The summed E-state index contributed by atoms with van der Waals surface area (Å²) < 4.78 is 0. The number of nitrogens with one attached hydrogen (secondary N) is 2. The minimum absolute atomic E-state index is 0.141. The Hall–Kier alpha value is -1.88. The van der Waals surface area contributed by atoms with Crippen molar-refractivity contribution in [2.45, 2.75) is 32.7 Å². The van der Waals surface area contributed by atoms with Crippen LogP contribution in [0.3, 0.4) is 0 Å². The fraction of sp³-hybridized carbons (Fsp3) is 0.438. The predicted molar refractivity (Wildman–Crippen MR) is 81.2 cm³/mol. The number of hydrogen-bond acceptors (Lipinski definition) is 3. The van der Waals surface area contributed by atoms with Crippen molar-refractivity contribution in [1.82, 2.24) is 15.8 Å². The lowest BCUT2D eigenvalue weighted by Crippen LogP contribution is -2.50. The summed E-state index contributed by atoms with van der Waals surface area (Å²) in [6, 6.07) is 8.67. The molecule has 1 aromatic carbocycles. The number of carbonyl (C=O) groups is 2. The first-order valence-corrected chi connectivity index (χ1v) is 7.26. The Kier molecular flexibility index (Phi) is 5.33.